The van der Waals surface area contributed by atoms with Crippen LogP contribution in [0.25, 0.3) is 0 Å². The van der Waals surface area contributed by atoms with Crippen molar-refractivity contribution >= 4 is 11.8 Å². The van der Waals surface area contributed by atoms with E-state index in [4.69, 9.17) is 0 Å². The predicted octanol–water partition coefficient (Wildman–Crippen LogP) is 3.15. The smallest absolute Gasteiger partial charge is 0.00683 e. The molecule has 1 nitrogen and oxygen atoms in total. The fourth-order valence-electron chi connectivity index (χ4n) is 1.88. The van der Waals surface area contributed by atoms with Crippen molar-refractivity contribution in [1.29, 1.82) is 0 Å². The Balaban J connectivity index is 2.12. The molecule has 0 bridgehead atoms. The Morgan fingerprint density at radius 2 is 2.07 bits per heavy atom. The molecular weight excluding hydrogens is 190 g/mol. The molecule has 0 radical (unpaired) electrons. The molecule has 1 aliphatic rings. The van der Waals surface area contributed by atoms with Gasteiger partial charge in [-0.15, -0.1) is 0 Å². The van der Waals surface area contributed by atoms with E-state index in [0.717, 1.165) is 17.9 Å². The highest BCUT2D eigenvalue weighted by Crippen LogP contribution is 2.21. The third-order valence-electron chi connectivity index (χ3n) is 2.81. The Morgan fingerprint density at radius 1 is 1.36 bits per heavy atom. The van der Waals surface area contributed by atoms with Gasteiger partial charge in [0, 0.05) is 6.04 Å². The van der Waals surface area contributed by atoms with Crippen molar-refractivity contribution in [3.8, 4) is 0 Å². The molecule has 1 rings (SSSR count). The minimum atomic E-state index is 0.850. The number of rotatable bonds is 8. The summed E-state index contributed by atoms with van der Waals surface area (Å²) < 4.78 is 0. The summed E-state index contributed by atoms with van der Waals surface area (Å²) in [5.41, 5.74) is 0. The van der Waals surface area contributed by atoms with Crippen LogP contribution in [-0.4, -0.2) is 24.6 Å². The van der Waals surface area contributed by atoms with Crippen LogP contribution in [0.5, 0.6) is 0 Å². The molecule has 1 aliphatic carbocycles. The summed E-state index contributed by atoms with van der Waals surface area (Å²) in [6, 6.07) is 0.874. The van der Waals surface area contributed by atoms with E-state index in [1.807, 2.05) is 11.8 Å². The summed E-state index contributed by atoms with van der Waals surface area (Å²) in [5, 5.41) is 3.66. The van der Waals surface area contributed by atoms with Crippen molar-refractivity contribution in [2.24, 2.45) is 11.8 Å². The zero-order chi connectivity index (χ0) is 10.4. The number of hydrogen-bond acceptors (Lipinski definition) is 2. The molecule has 0 spiro atoms. The van der Waals surface area contributed by atoms with Crippen LogP contribution in [0, 0.1) is 11.8 Å². The van der Waals surface area contributed by atoms with E-state index in [-0.39, 0.29) is 0 Å². The minimum absolute atomic E-state index is 0.850. The fraction of sp³-hybridized carbons (Fsp3) is 1.00. The van der Waals surface area contributed by atoms with Gasteiger partial charge >= 0.3 is 0 Å². The van der Waals surface area contributed by atoms with Crippen molar-refractivity contribution in [1.82, 2.24) is 5.32 Å². The third-order valence-corrected chi connectivity index (χ3v) is 3.45. The lowest BCUT2D eigenvalue weighted by Crippen LogP contribution is -2.26. The Labute approximate surface area is 93.4 Å². The van der Waals surface area contributed by atoms with Crippen LogP contribution in [0.3, 0.4) is 0 Å². The topological polar surface area (TPSA) is 12.0 Å². The normalized spacial score (nSPS) is 18.9. The first kappa shape index (κ1) is 12.4. The fourth-order valence-corrected chi connectivity index (χ4v) is 2.44. The van der Waals surface area contributed by atoms with Gasteiger partial charge in [0.05, 0.1) is 0 Å². The Bertz CT molecular complexity index is 143. The van der Waals surface area contributed by atoms with Gasteiger partial charge in [0.15, 0.2) is 0 Å². The number of thioether (sulfide) groups is 1. The summed E-state index contributed by atoms with van der Waals surface area (Å²) in [5.74, 6) is 3.08. The Hall–Kier alpha value is 0.310. The zero-order valence-corrected chi connectivity index (χ0v) is 10.7. The number of nitrogens with one attached hydrogen (secondary N) is 1. The Morgan fingerprint density at radius 3 is 2.57 bits per heavy atom. The first-order valence-corrected chi connectivity index (χ1v) is 7.34. The van der Waals surface area contributed by atoms with Crippen LogP contribution in [0.2, 0.25) is 0 Å². The summed E-state index contributed by atoms with van der Waals surface area (Å²) >= 11 is 1.98. The molecule has 0 aliphatic heterocycles. The van der Waals surface area contributed by atoms with Crippen LogP contribution >= 0.6 is 11.8 Å². The largest absolute Gasteiger partial charge is 0.314 e. The third kappa shape index (κ3) is 5.92. The SMILES string of the molecule is CSCCC(CNC1CC1)CC(C)C. The molecule has 0 amide bonds. The van der Waals surface area contributed by atoms with E-state index in [9.17, 15) is 0 Å². The van der Waals surface area contributed by atoms with E-state index < -0.39 is 0 Å². The maximum Gasteiger partial charge on any atom is 0.00683 e. The highest BCUT2D eigenvalue weighted by molar-refractivity contribution is 7.98. The molecule has 1 unspecified atom stereocenters. The molecule has 0 aromatic heterocycles. The molecule has 1 N–H and O–H groups in total. The van der Waals surface area contributed by atoms with Crippen molar-refractivity contribution in [3.05, 3.63) is 0 Å². The van der Waals surface area contributed by atoms with E-state index in [2.05, 4.69) is 25.4 Å². The molecule has 84 valence electrons. The van der Waals surface area contributed by atoms with Gasteiger partial charge in [-0.25, -0.2) is 0 Å². The van der Waals surface area contributed by atoms with Crippen LogP contribution in [0.1, 0.15) is 39.5 Å². The average Bonchev–Trinajstić information content (AvgIpc) is 2.92. The van der Waals surface area contributed by atoms with Crippen LogP contribution in [-0.2, 0) is 0 Å². The second-order valence-corrected chi connectivity index (χ2v) is 5.95. The summed E-state index contributed by atoms with van der Waals surface area (Å²) in [7, 11) is 0. The average molecular weight is 215 g/mol. The molecule has 14 heavy (non-hydrogen) atoms. The molecule has 1 saturated carbocycles. The first-order valence-electron chi connectivity index (χ1n) is 5.94. The van der Waals surface area contributed by atoms with Gasteiger partial charge < -0.3 is 5.32 Å². The summed E-state index contributed by atoms with van der Waals surface area (Å²) in [6.07, 6.45) is 7.81. The summed E-state index contributed by atoms with van der Waals surface area (Å²) in [6.45, 7) is 5.93. The quantitative estimate of drug-likeness (QED) is 0.667. The van der Waals surface area contributed by atoms with Gasteiger partial charge in [-0.3, -0.25) is 0 Å². The maximum atomic E-state index is 3.66. The van der Waals surface area contributed by atoms with Gasteiger partial charge in [-0.2, -0.15) is 11.8 Å². The lowest BCUT2D eigenvalue weighted by atomic mass is 9.95. The molecule has 1 fully saturated rings. The summed E-state index contributed by atoms with van der Waals surface area (Å²) in [4.78, 5) is 0. The second-order valence-electron chi connectivity index (χ2n) is 4.96. The van der Waals surface area contributed by atoms with E-state index in [0.29, 0.717) is 0 Å². The minimum Gasteiger partial charge on any atom is -0.314 e. The van der Waals surface area contributed by atoms with Crippen molar-refractivity contribution in [2.75, 3.05) is 18.6 Å². The number of hydrogen-bond donors (Lipinski definition) is 1. The maximum absolute atomic E-state index is 3.66. The monoisotopic (exact) mass is 215 g/mol. The van der Waals surface area contributed by atoms with Crippen molar-refractivity contribution < 1.29 is 0 Å². The van der Waals surface area contributed by atoms with Crippen LogP contribution in [0.15, 0.2) is 0 Å². The first-order chi connectivity index (χ1) is 6.72. The van der Waals surface area contributed by atoms with E-state index in [1.165, 1.54) is 38.0 Å². The van der Waals surface area contributed by atoms with E-state index >= 15 is 0 Å². The molecular formula is C12H25NS. The highest BCUT2D eigenvalue weighted by atomic mass is 32.2. The Kier molecular flexibility index (Phi) is 5.95. The zero-order valence-electron chi connectivity index (χ0n) is 9.88. The van der Waals surface area contributed by atoms with Crippen LogP contribution < -0.4 is 5.32 Å². The molecule has 0 heterocycles. The standard InChI is InChI=1S/C12H25NS/c1-10(2)8-11(6-7-14-3)9-13-12-4-5-12/h10-13H,4-9H2,1-3H3. The molecule has 1 atom stereocenters. The van der Waals surface area contributed by atoms with Crippen molar-refractivity contribution in [2.45, 2.75) is 45.6 Å². The highest BCUT2D eigenvalue weighted by Gasteiger charge is 2.21. The molecule has 2 heteroatoms. The molecule has 0 aromatic rings. The second kappa shape index (κ2) is 6.73. The van der Waals surface area contributed by atoms with Crippen LogP contribution in [0.4, 0.5) is 0 Å². The van der Waals surface area contributed by atoms with E-state index in [1.54, 1.807) is 0 Å². The van der Waals surface area contributed by atoms with Gasteiger partial charge in [0.25, 0.3) is 0 Å². The molecule has 0 aromatic carbocycles. The van der Waals surface area contributed by atoms with Gasteiger partial charge in [-0.1, -0.05) is 13.8 Å². The predicted molar refractivity (Wildman–Crippen MR) is 67.0 cm³/mol. The van der Waals surface area contributed by atoms with Gasteiger partial charge in [0.2, 0.25) is 0 Å². The van der Waals surface area contributed by atoms with Gasteiger partial charge in [-0.05, 0) is 56.1 Å². The van der Waals surface area contributed by atoms with Gasteiger partial charge in [0.1, 0.15) is 0 Å². The lowest BCUT2D eigenvalue weighted by Gasteiger charge is -2.19. The lowest BCUT2D eigenvalue weighted by molar-refractivity contribution is 0.379. The molecule has 0 saturated heterocycles. The van der Waals surface area contributed by atoms with Crippen molar-refractivity contribution in [3.63, 3.8) is 0 Å².